The normalized spacial score (nSPS) is 15.1. The molecule has 206 valence electrons. The molecular weight excluding hydrogens is 532 g/mol. The molecule has 1 fully saturated rings. The van der Waals surface area contributed by atoms with Crippen molar-refractivity contribution in [3.8, 4) is 11.7 Å². The Morgan fingerprint density at radius 2 is 1.95 bits per heavy atom. The van der Waals surface area contributed by atoms with Gasteiger partial charge in [0.15, 0.2) is 0 Å². The van der Waals surface area contributed by atoms with E-state index in [1.165, 1.54) is 0 Å². The quantitative estimate of drug-likeness (QED) is 0.245. The number of imidazole rings is 1. The molecule has 0 bridgehead atoms. The number of hydrogen-bond donors (Lipinski definition) is 1. The summed E-state index contributed by atoms with van der Waals surface area (Å²) in [5.41, 5.74) is 1.51. The third-order valence-corrected chi connectivity index (χ3v) is 6.68. The number of anilines is 1. The number of halogens is 1. The molecule has 1 saturated heterocycles. The number of aromatic nitrogens is 5. The van der Waals surface area contributed by atoms with Crippen molar-refractivity contribution in [2.75, 3.05) is 37.7 Å². The molecule has 4 aromatic rings. The highest BCUT2D eigenvalue weighted by molar-refractivity contribution is 6.29. The molecule has 12 heteroatoms. The standard InChI is InChI=1S/C28H29ClN8O3/c1-20-5-7-22(8-6-20)40-15-11-32-26(38)16-21-18-35(27(39)23-4-2-3-9-31-23)13-14-37(21)25-17-24(29)33-28(34-25)36-12-10-30-19-36/h2-10,12,17,19,21H,11,13-16,18H2,1H3,(H,32,38). The fourth-order valence-electron chi connectivity index (χ4n) is 4.48. The van der Waals surface area contributed by atoms with Gasteiger partial charge in [-0.3, -0.25) is 19.1 Å². The van der Waals surface area contributed by atoms with Gasteiger partial charge >= 0.3 is 0 Å². The lowest BCUT2D eigenvalue weighted by molar-refractivity contribution is -0.121. The van der Waals surface area contributed by atoms with Crippen LogP contribution in [0.1, 0.15) is 22.5 Å². The largest absolute Gasteiger partial charge is 0.492 e. The highest BCUT2D eigenvalue weighted by atomic mass is 35.5. The average Bonchev–Trinajstić information content (AvgIpc) is 3.51. The summed E-state index contributed by atoms with van der Waals surface area (Å²) in [6.45, 7) is 3.88. The van der Waals surface area contributed by atoms with Gasteiger partial charge in [-0.2, -0.15) is 4.98 Å². The van der Waals surface area contributed by atoms with E-state index in [1.54, 1.807) is 58.7 Å². The lowest BCUT2D eigenvalue weighted by Crippen LogP contribution is -2.56. The van der Waals surface area contributed by atoms with Crippen molar-refractivity contribution in [3.63, 3.8) is 0 Å². The summed E-state index contributed by atoms with van der Waals surface area (Å²) in [6.07, 6.45) is 6.67. The molecule has 40 heavy (non-hydrogen) atoms. The number of carbonyl (C=O) groups excluding carboxylic acids is 2. The van der Waals surface area contributed by atoms with Gasteiger partial charge < -0.3 is 19.9 Å². The second-order valence-electron chi connectivity index (χ2n) is 9.35. The van der Waals surface area contributed by atoms with Crippen LogP contribution in [0.3, 0.4) is 0 Å². The van der Waals surface area contributed by atoms with Gasteiger partial charge in [0, 0.05) is 50.7 Å². The van der Waals surface area contributed by atoms with Gasteiger partial charge in [0.25, 0.3) is 5.91 Å². The summed E-state index contributed by atoms with van der Waals surface area (Å²) in [5.74, 6) is 1.33. The number of benzene rings is 1. The Bertz CT molecular complexity index is 1430. The zero-order valence-electron chi connectivity index (χ0n) is 22.0. The van der Waals surface area contributed by atoms with Gasteiger partial charge in [0.05, 0.1) is 12.6 Å². The number of hydrogen-bond acceptors (Lipinski definition) is 8. The second kappa shape index (κ2) is 12.6. The third-order valence-electron chi connectivity index (χ3n) is 6.49. The molecule has 1 aromatic carbocycles. The van der Waals surface area contributed by atoms with Gasteiger partial charge in [-0.1, -0.05) is 35.4 Å². The smallest absolute Gasteiger partial charge is 0.272 e. The number of aryl methyl sites for hydroxylation is 1. The molecule has 5 rings (SSSR count). The van der Waals surface area contributed by atoms with Gasteiger partial charge in [-0.15, -0.1) is 0 Å². The SMILES string of the molecule is Cc1ccc(OCCNC(=O)CC2CN(C(=O)c3ccccn3)CCN2c2cc(Cl)nc(-n3ccnc3)n2)cc1. The Labute approximate surface area is 236 Å². The molecule has 0 saturated carbocycles. The van der Waals surface area contributed by atoms with Crippen molar-refractivity contribution in [2.45, 2.75) is 19.4 Å². The van der Waals surface area contributed by atoms with E-state index >= 15 is 0 Å². The van der Waals surface area contributed by atoms with Crippen molar-refractivity contribution in [1.29, 1.82) is 0 Å². The van der Waals surface area contributed by atoms with Crippen molar-refractivity contribution >= 4 is 29.2 Å². The minimum Gasteiger partial charge on any atom is -0.492 e. The molecule has 3 aromatic heterocycles. The number of nitrogens with zero attached hydrogens (tertiary/aromatic N) is 7. The van der Waals surface area contributed by atoms with Crippen LogP contribution in [0, 0.1) is 6.92 Å². The molecule has 0 spiro atoms. The first-order valence-corrected chi connectivity index (χ1v) is 13.3. The number of rotatable bonds is 9. The van der Waals surface area contributed by atoms with E-state index in [-0.39, 0.29) is 29.4 Å². The molecule has 4 heterocycles. The fourth-order valence-corrected chi connectivity index (χ4v) is 4.65. The zero-order chi connectivity index (χ0) is 27.9. The predicted molar refractivity (Wildman–Crippen MR) is 150 cm³/mol. The third kappa shape index (κ3) is 6.73. The fraction of sp³-hybridized carbons (Fsp3) is 0.286. The summed E-state index contributed by atoms with van der Waals surface area (Å²) < 4.78 is 7.39. The molecule has 1 atom stereocenters. The summed E-state index contributed by atoms with van der Waals surface area (Å²) >= 11 is 6.36. The van der Waals surface area contributed by atoms with Crippen LogP contribution in [-0.4, -0.2) is 80.0 Å². The Hall–Kier alpha value is -4.51. The molecule has 2 amide bonds. The van der Waals surface area contributed by atoms with Gasteiger partial charge in [-0.05, 0) is 31.2 Å². The summed E-state index contributed by atoms with van der Waals surface area (Å²) in [6, 6.07) is 14.3. The number of carbonyl (C=O) groups is 2. The van der Waals surface area contributed by atoms with Crippen molar-refractivity contribution in [1.82, 2.24) is 34.7 Å². The monoisotopic (exact) mass is 560 g/mol. The maximum absolute atomic E-state index is 13.2. The molecule has 11 nitrogen and oxygen atoms in total. The summed E-state index contributed by atoms with van der Waals surface area (Å²) in [5, 5.41) is 3.19. The summed E-state index contributed by atoms with van der Waals surface area (Å²) in [7, 11) is 0. The van der Waals surface area contributed by atoms with E-state index in [4.69, 9.17) is 16.3 Å². The van der Waals surface area contributed by atoms with E-state index in [2.05, 4.69) is 25.3 Å². The first kappa shape index (κ1) is 27.1. The van der Waals surface area contributed by atoms with Crippen LogP contribution in [0.25, 0.3) is 5.95 Å². The van der Waals surface area contributed by atoms with Crippen molar-refractivity contribution in [3.05, 3.63) is 89.9 Å². The van der Waals surface area contributed by atoms with Crippen LogP contribution in [0.15, 0.2) is 73.4 Å². The number of amides is 2. The predicted octanol–water partition coefficient (Wildman–Crippen LogP) is 2.94. The van der Waals surface area contributed by atoms with Crippen LogP contribution < -0.4 is 15.0 Å². The number of piperazine rings is 1. The molecular formula is C28H29ClN8O3. The highest BCUT2D eigenvalue weighted by Gasteiger charge is 2.33. The van der Waals surface area contributed by atoms with Gasteiger partial charge in [-0.25, -0.2) is 9.97 Å². The summed E-state index contributed by atoms with van der Waals surface area (Å²) in [4.78, 5) is 47.2. The lowest BCUT2D eigenvalue weighted by atomic mass is 10.1. The molecule has 0 radical (unpaired) electrons. The second-order valence-corrected chi connectivity index (χ2v) is 9.74. The first-order valence-electron chi connectivity index (χ1n) is 12.9. The van der Waals surface area contributed by atoms with E-state index in [0.29, 0.717) is 50.2 Å². The van der Waals surface area contributed by atoms with Gasteiger partial charge in [0.2, 0.25) is 11.9 Å². The highest BCUT2D eigenvalue weighted by Crippen LogP contribution is 2.25. The number of ether oxygens (including phenoxy) is 1. The Balaban J connectivity index is 1.29. The molecule has 1 unspecified atom stereocenters. The zero-order valence-corrected chi connectivity index (χ0v) is 22.7. The molecule has 0 aliphatic carbocycles. The van der Waals surface area contributed by atoms with Crippen LogP contribution in [0.5, 0.6) is 5.75 Å². The first-order chi connectivity index (χ1) is 19.5. The minimum absolute atomic E-state index is 0.137. The van der Waals surface area contributed by atoms with E-state index in [9.17, 15) is 9.59 Å². The van der Waals surface area contributed by atoms with Crippen molar-refractivity contribution < 1.29 is 14.3 Å². The maximum atomic E-state index is 13.2. The minimum atomic E-state index is -0.360. The average molecular weight is 561 g/mol. The topological polar surface area (TPSA) is 118 Å². The molecule has 1 aliphatic rings. The molecule has 1 N–H and O–H groups in total. The van der Waals surface area contributed by atoms with E-state index in [0.717, 1.165) is 11.3 Å². The van der Waals surface area contributed by atoms with E-state index in [1.807, 2.05) is 36.1 Å². The maximum Gasteiger partial charge on any atom is 0.272 e. The Morgan fingerprint density at radius 3 is 2.70 bits per heavy atom. The van der Waals surface area contributed by atoms with Crippen LogP contribution in [0.4, 0.5) is 5.82 Å². The Morgan fingerprint density at radius 1 is 1.10 bits per heavy atom. The van der Waals surface area contributed by atoms with Crippen LogP contribution >= 0.6 is 11.6 Å². The Kier molecular flexibility index (Phi) is 8.50. The van der Waals surface area contributed by atoms with Crippen molar-refractivity contribution in [2.24, 2.45) is 0 Å². The van der Waals surface area contributed by atoms with Crippen LogP contribution in [-0.2, 0) is 4.79 Å². The number of nitrogens with one attached hydrogen (secondary N) is 1. The van der Waals surface area contributed by atoms with E-state index < -0.39 is 0 Å². The number of pyridine rings is 1. The lowest BCUT2D eigenvalue weighted by Gasteiger charge is -2.42. The molecule has 1 aliphatic heterocycles. The van der Waals surface area contributed by atoms with Gasteiger partial charge in [0.1, 0.15) is 35.3 Å². The van der Waals surface area contributed by atoms with Crippen LogP contribution in [0.2, 0.25) is 5.15 Å².